The normalized spacial score (nSPS) is 27.9. The van der Waals surface area contributed by atoms with Crippen molar-refractivity contribution < 1.29 is 9.53 Å². The first kappa shape index (κ1) is 15.4. The van der Waals surface area contributed by atoms with E-state index in [4.69, 9.17) is 10.5 Å². The Morgan fingerprint density at radius 2 is 2.28 bits per heavy atom. The zero-order valence-corrected chi connectivity index (χ0v) is 11.9. The number of amides is 1. The first-order valence-electron chi connectivity index (χ1n) is 6.88. The second-order valence-electron chi connectivity index (χ2n) is 5.05. The maximum atomic E-state index is 11.7. The van der Waals surface area contributed by atoms with Crippen LogP contribution in [0.3, 0.4) is 0 Å². The van der Waals surface area contributed by atoms with Gasteiger partial charge in [-0.25, -0.2) is 0 Å². The molecule has 0 aromatic rings. The third-order valence-electron chi connectivity index (χ3n) is 3.89. The summed E-state index contributed by atoms with van der Waals surface area (Å²) in [5.41, 5.74) is 5.06. The summed E-state index contributed by atoms with van der Waals surface area (Å²) < 4.78 is 5.36. The Hall–Kier alpha value is -0.650. The van der Waals surface area contributed by atoms with E-state index in [1.807, 2.05) is 13.8 Å². The number of nitrogens with zero attached hydrogens (tertiary/aromatic N) is 1. The van der Waals surface area contributed by atoms with Gasteiger partial charge in [0.1, 0.15) is 0 Å². The molecule has 1 aliphatic rings. The Kier molecular flexibility index (Phi) is 6.05. The lowest BCUT2D eigenvalue weighted by Gasteiger charge is -2.29. The molecule has 1 aliphatic carbocycles. The quantitative estimate of drug-likeness (QED) is 0.615. The highest BCUT2D eigenvalue weighted by Gasteiger charge is 2.44. The number of nitrogens with two attached hydrogens (primary N) is 1. The molecule has 18 heavy (non-hydrogen) atoms. The lowest BCUT2D eigenvalue weighted by atomic mass is 9.96. The molecule has 106 valence electrons. The summed E-state index contributed by atoms with van der Waals surface area (Å²) in [4.78, 5) is 13.9. The molecule has 0 aromatic heterocycles. The van der Waals surface area contributed by atoms with E-state index < -0.39 is 5.54 Å². The van der Waals surface area contributed by atoms with Crippen molar-refractivity contribution in [3.63, 3.8) is 0 Å². The van der Waals surface area contributed by atoms with Gasteiger partial charge in [-0.2, -0.15) is 0 Å². The van der Waals surface area contributed by atoms with E-state index in [1.54, 1.807) is 0 Å². The van der Waals surface area contributed by atoms with E-state index in [0.29, 0.717) is 6.04 Å². The summed E-state index contributed by atoms with van der Waals surface area (Å²) in [7, 11) is 2.09. The van der Waals surface area contributed by atoms with Crippen molar-refractivity contribution in [3.8, 4) is 0 Å². The van der Waals surface area contributed by atoms with Crippen LogP contribution in [0, 0.1) is 0 Å². The molecule has 0 bridgehead atoms. The summed E-state index contributed by atoms with van der Waals surface area (Å²) in [6.45, 7) is 7.18. The zero-order valence-electron chi connectivity index (χ0n) is 11.9. The van der Waals surface area contributed by atoms with Crippen LogP contribution < -0.4 is 11.1 Å². The SMILES string of the molecule is CCNC1(C(N)=O)CCC(N(C)CCOCC)C1. The average molecular weight is 257 g/mol. The highest BCUT2D eigenvalue weighted by Crippen LogP contribution is 2.32. The molecule has 0 radical (unpaired) electrons. The fraction of sp³-hybridized carbons (Fsp3) is 0.923. The molecular formula is C13H27N3O2. The summed E-state index contributed by atoms with van der Waals surface area (Å²) in [6.07, 6.45) is 2.65. The van der Waals surface area contributed by atoms with Crippen molar-refractivity contribution >= 4 is 5.91 Å². The smallest absolute Gasteiger partial charge is 0.237 e. The van der Waals surface area contributed by atoms with Gasteiger partial charge in [0, 0.05) is 19.2 Å². The molecule has 2 atom stereocenters. The Labute approximate surface area is 110 Å². The molecule has 0 saturated heterocycles. The molecule has 1 saturated carbocycles. The Balaban J connectivity index is 2.49. The van der Waals surface area contributed by atoms with Crippen LogP contribution in [0.5, 0.6) is 0 Å². The van der Waals surface area contributed by atoms with Gasteiger partial charge in [-0.3, -0.25) is 4.79 Å². The van der Waals surface area contributed by atoms with E-state index in [9.17, 15) is 4.79 Å². The van der Waals surface area contributed by atoms with Gasteiger partial charge in [-0.1, -0.05) is 6.92 Å². The molecular weight excluding hydrogens is 230 g/mol. The van der Waals surface area contributed by atoms with E-state index in [-0.39, 0.29) is 5.91 Å². The van der Waals surface area contributed by atoms with Crippen LogP contribution in [-0.2, 0) is 9.53 Å². The van der Waals surface area contributed by atoms with Crippen LogP contribution in [0.4, 0.5) is 0 Å². The predicted molar refractivity (Wildman–Crippen MR) is 72.4 cm³/mol. The van der Waals surface area contributed by atoms with E-state index in [1.165, 1.54) is 0 Å². The van der Waals surface area contributed by atoms with Gasteiger partial charge in [0.25, 0.3) is 0 Å². The second kappa shape index (κ2) is 7.07. The molecule has 0 heterocycles. The number of likely N-dealkylation sites (N-methyl/N-ethyl adjacent to an activating group) is 2. The molecule has 1 amide bonds. The van der Waals surface area contributed by atoms with Gasteiger partial charge < -0.3 is 20.7 Å². The van der Waals surface area contributed by atoms with Crippen molar-refractivity contribution in [3.05, 3.63) is 0 Å². The van der Waals surface area contributed by atoms with Crippen LogP contribution in [0.1, 0.15) is 33.1 Å². The maximum absolute atomic E-state index is 11.7. The number of hydrogen-bond donors (Lipinski definition) is 2. The largest absolute Gasteiger partial charge is 0.380 e. The van der Waals surface area contributed by atoms with Gasteiger partial charge in [0.15, 0.2) is 0 Å². The molecule has 3 N–H and O–H groups in total. The second-order valence-corrected chi connectivity index (χ2v) is 5.05. The van der Waals surface area contributed by atoms with Gasteiger partial charge in [-0.05, 0) is 39.8 Å². The monoisotopic (exact) mass is 257 g/mol. The highest BCUT2D eigenvalue weighted by atomic mass is 16.5. The van der Waals surface area contributed by atoms with Gasteiger partial charge in [0.2, 0.25) is 5.91 Å². The molecule has 1 fully saturated rings. The third kappa shape index (κ3) is 3.67. The molecule has 2 unspecified atom stereocenters. The average Bonchev–Trinajstić information content (AvgIpc) is 2.75. The number of primary amides is 1. The first-order valence-corrected chi connectivity index (χ1v) is 6.88. The van der Waals surface area contributed by atoms with Crippen LogP contribution in [0.2, 0.25) is 0 Å². The fourth-order valence-corrected chi connectivity index (χ4v) is 2.74. The van der Waals surface area contributed by atoms with Crippen molar-refractivity contribution in [2.24, 2.45) is 5.73 Å². The van der Waals surface area contributed by atoms with Crippen molar-refractivity contribution in [1.82, 2.24) is 10.2 Å². The zero-order chi connectivity index (χ0) is 13.6. The number of carbonyl (C=O) groups is 1. The predicted octanol–water partition coefficient (Wildman–Crippen LogP) is 0.341. The molecule has 5 nitrogen and oxygen atoms in total. The van der Waals surface area contributed by atoms with Crippen molar-refractivity contribution in [2.45, 2.75) is 44.7 Å². The van der Waals surface area contributed by atoms with Gasteiger partial charge >= 0.3 is 0 Å². The van der Waals surface area contributed by atoms with Crippen LogP contribution in [0.15, 0.2) is 0 Å². The minimum absolute atomic E-state index is 0.218. The number of nitrogens with one attached hydrogen (secondary N) is 1. The first-order chi connectivity index (χ1) is 8.55. The standard InChI is InChI=1S/C13H27N3O2/c1-4-15-13(12(14)17)7-6-11(10-13)16(3)8-9-18-5-2/h11,15H,4-10H2,1-3H3,(H2,14,17). The number of rotatable bonds is 8. The lowest BCUT2D eigenvalue weighted by molar-refractivity contribution is -0.124. The molecule has 0 aliphatic heterocycles. The fourth-order valence-electron chi connectivity index (χ4n) is 2.74. The topological polar surface area (TPSA) is 67.6 Å². The molecule has 5 heteroatoms. The van der Waals surface area contributed by atoms with E-state index >= 15 is 0 Å². The minimum Gasteiger partial charge on any atom is -0.380 e. The summed E-state index contributed by atoms with van der Waals surface area (Å²) in [5.74, 6) is -0.218. The van der Waals surface area contributed by atoms with Crippen LogP contribution in [0.25, 0.3) is 0 Å². The minimum atomic E-state index is -0.501. The Morgan fingerprint density at radius 1 is 1.56 bits per heavy atom. The maximum Gasteiger partial charge on any atom is 0.237 e. The lowest BCUT2D eigenvalue weighted by Crippen LogP contribution is -2.54. The van der Waals surface area contributed by atoms with Crippen LogP contribution in [-0.4, -0.2) is 55.7 Å². The molecule has 1 rings (SSSR count). The third-order valence-corrected chi connectivity index (χ3v) is 3.89. The van der Waals surface area contributed by atoms with Gasteiger partial charge in [-0.15, -0.1) is 0 Å². The Bertz CT molecular complexity index is 273. The van der Waals surface area contributed by atoms with Crippen molar-refractivity contribution in [2.75, 3.05) is 33.4 Å². The summed E-state index contributed by atoms with van der Waals surface area (Å²) in [5, 5.41) is 3.28. The summed E-state index contributed by atoms with van der Waals surface area (Å²) >= 11 is 0. The van der Waals surface area contributed by atoms with Gasteiger partial charge in [0.05, 0.1) is 12.1 Å². The van der Waals surface area contributed by atoms with Crippen LogP contribution >= 0.6 is 0 Å². The highest BCUT2D eigenvalue weighted by molar-refractivity contribution is 5.85. The van der Waals surface area contributed by atoms with E-state index in [2.05, 4.69) is 17.3 Å². The molecule has 0 spiro atoms. The molecule has 0 aromatic carbocycles. The van der Waals surface area contributed by atoms with Crippen molar-refractivity contribution in [1.29, 1.82) is 0 Å². The number of hydrogen-bond acceptors (Lipinski definition) is 4. The van der Waals surface area contributed by atoms with E-state index in [0.717, 1.165) is 45.6 Å². The Morgan fingerprint density at radius 3 is 2.83 bits per heavy atom. The number of carbonyl (C=O) groups excluding carboxylic acids is 1. The summed E-state index contributed by atoms with van der Waals surface area (Å²) in [6, 6.07) is 0.414. The number of ether oxygens (including phenoxy) is 1.